The number of carbonyl (C=O) groups excluding carboxylic acids is 1. The Labute approximate surface area is 222 Å². The largest absolute Gasteiger partial charge is 0.416 e. The van der Waals surface area contributed by atoms with Gasteiger partial charge in [0.2, 0.25) is 0 Å². The van der Waals surface area contributed by atoms with Crippen LogP contribution in [0, 0.1) is 11.3 Å². The van der Waals surface area contributed by atoms with Gasteiger partial charge in [-0.1, -0.05) is 13.0 Å². The minimum absolute atomic E-state index is 0.000264. The molecular formula is C28H24F3N7O. The average molecular weight is 532 g/mol. The zero-order chi connectivity index (χ0) is 27.9. The highest BCUT2D eigenvalue weighted by Gasteiger charge is 2.40. The number of nitriles is 1. The number of rotatable bonds is 6. The zero-order valence-electron chi connectivity index (χ0n) is 21.4. The van der Waals surface area contributed by atoms with E-state index in [0.717, 1.165) is 12.5 Å². The van der Waals surface area contributed by atoms with Gasteiger partial charge in [0.05, 0.1) is 23.7 Å². The van der Waals surface area contributed by atoms with E-state index in [4.69, 9.17) is 0 Å². The van der Waals surface area contributed by atoms with Gasteiger partial charge in [-0.05, 0) is 72.5 Å². The van der Waals surface area contributed by atoms with Crippen LogP contribution < -0.4 is 10.2 Å². The lowest BCUT2D eigenvalue weighted by Crippen LogP contribution is -2.25. The summed E-state index contributed by atoms with van der Waals surface area (Å²) in [5.41, 5.74) is 1.43. The van der Waals surface area contributed by atoms with Crippen LogP contribution in [0.1, 0.15) is 47.3 Å². The number of carbonyl (C=O) groups is 1. The van der Waals surface area contributed by atoms with E-state index < -0.39 is 17.6 Å². The van der Waals surface area contributed by atoms with E-state index in [0.29, 0.717) is 33.9 Å². The average Bonchev–Trinajstić information content (AvgIpc) is 3.50. The number of amides is 1. The number of pyridine rings is 1. The molecule has 0 bridgehead atoms. The molecule has 0 spiro atoms. The Bertz CT molecular complexity index is 1620. The molecule has 0 saturated carbocycles. The van der Waals surface area contributed by atoms with Crippen LogP contribution >= 0.6 is 0 Å². The minimum Gasteiger partial charge on any atom is -0.368 e. The number of alkyl halides is 3. The third-order valence-electron chi connectivity index (χ3n) is 6.78. The van der Waals surface area contributed by atoms with Crippen LogP contribution in [0.4, 0.5) is 24.8 Å². The first-order valence-electron chi connectivity index (χ1n) is 12.3. The molecule has 1 aliphatic rings. The first-order valence-corrected chi connectivity index (χ1v) is 12.3. The van der Waals surface area contributed by atoms with Crippen LogP contribution in [0.5, 0.6) is 0 Å². The fourth-order valence-electron chi connectivity index (χ4n) is 4.60. The molecule has 0 aliphatic carbocycles. The molecule has 11 heteroatoms. The third kappa shape index (κ3) is 4.81. The number of hydrogen-bond donors (Lipinski definition) is 1. The number of nitrogens with zero attached hydrogens (tertiary/aromatic N) is 6. The van der Waals surface area contributed by atoms with Crippen molar-refractivity contribution in [1.82, 2.24) is 19.7 Å². The van der Waals surface area contributed by atoms with Crippen molar-refractivity contribution < 1.29 is 18.0 Å². The summed E-state index contributed by atoms with van der Waals surface area (Å²) in [6.07, 6.45) is -2.25. The summed E-state index contributed by atoms with van der Waals surface area (Å²) in [6, 6.07) is 14.4. The molecule has 3 heterocycles. The van der Waals surface area contributed by atoms with Crippen molar-refractivity contribution in [3.8, 4) is 28.6 Å². The second-order valence-corrected chi connectivity index (χ2v) is 9.41. The highest BCUT2D eigenvalue weighted by Crippen LogP contribution is 2.40. The summed E-state index contributed by atoms with van der Waals surface area (Å²) >= 11 is 0. The van der Waals surface area contributed by atoms with Gasteiger partial charge in [-0.15, -0.1) is 10.2 Å². The summed E-state index contributed by atoms with van der Waals surface area (Å²) in [4.78, 5) is 19.2. The quantitative estimate of drug-likeness (QED) is 0.337. The van der Waals surface area contributed by atoms with Gasteiger partial charge >= 0.3 is 6.18 Å². The van der Waals surface area contributed by atoms with Gasteiger partial charge in [-0.3, -0.25) is 9.69 Å². The number of nitrogens with one attached hydrogen (secondary N) is 1. The van der Waals surface area contributed by atoms with E-state index in [2.05, 4.69) is 26.6 Å². The van der Waals surface area contributed by atoms with E-state index in [1.807, 2.05) is 13.8 Å². The second-order valence-electron chi connectivity index (χ2n) is 9.41. The molecule has 0 saturated heterocycles. The van der Waals surface area contributed by atoms with Crippen molar-refractivity contribution in [2.75, 3.05) is 10.2 Å². The predicted octanol–water partition coefficient (Wildman–Crippen LogP) is 5.81. The molecule has 1 unspecified atom stereocenters. The number of hydrogen-bond acceptors (Lipinski definition) is 6. The Hall–Kier alpha value is -4.72. The summed E-state index contributed by atoms with van der Waals surface area (Å²) in [5.74, 6) is 0.639. The Morgan fingerprint density at radius 1 is 1.13 bits per heavy atom. The van der Waals surface area contributed by atoms with E-state index in [-0.39, 0.29) is 29.5 Å². The smallest absolute Gasteiger partial charge is 0.368 e. The molecule has 2 aromatic carbocycles. The maximum atomic E-state index is 13.7. The summed E-state index contributed by atoms with van der Waals surface area (Å²) in [7, 11) is 1.80. The van der Waals surface area contributed by atoms with Gasteiger partial charge in [0.1, 0.15) is 18.0 Å². The van der Waals surface area contributed by atoms with Gasteiger partial charge in [0.25, 0.3) is 5.91 Å². The van der Waals surface area contributed by atoms with Gasteiger partial charge in [-0.2, -0.15) is 18.4 Å². The number of halogens is 3. The Morgan fingerprint density at radius 3 is 2.59 bits per heavy atom. The van der Waals surface area contributed by atoms with Crippen LogP contribution in [0.15, 0.2) is 54.9 Å². The van der Waals surface area contributed by atoms with Gasteiger partial charge in [0.15, 0.2) is 5.82 Å². The Kier molecular flexibility index (Phi) is 6.56. The SMILES string of the molecule is CCC(C)Nc1cc(-c2cc(C#N)ccc2-c2nncn2C)cc(N2Cc3c(cccc3C(F)(F)F)C2=O)n1. The number of aryl methyl sites for hydroxylation is 1. The van der Waals surface area contributed by atoms with Crippen LogP contribution in [-0.2, 0) is 19.8 Å². The van der Waals surface area contributed by atoms with Crippen LogP contribution in [-0.4, -0.2) is 31.7 Å². The fourth-order valence-corrected chi connectivity index (χ4v) is 4.60. The van der Waals surface area contributed by atoms with E-state index >= 15 is 0 Å². The molecule has 8 nitrogen and oxygen atoms in total. The van der Waals surface area contributed by atoms with Crippen molar-refractivity contribution in [3.05, 3.63) is 77.1 Å². The summed E-state index contributed by atoms with van der Waals surface area (Å²) < 4.78 is 42.9. The van der Waals surface area contributed by atoms with Crippen LogP contribution in [0.2, 0.25) is 0 Å². The lowest BCUT2D eigenvalue weighted by atomic mass is 9.97. The van der Waals surface area contributed by atoms with E-state index in [9.17, 15) is 23.2 Å². The molecule has 1 aliphatic heterocycles. The molecule has 2 aromatic heterocycles. The molecule has 0 radical (unpaired) electrons. The highest BCUT2D eigenvalue weighted by atomic mass is 19.4. The Morgan fingerprint density at radius 2 is 1.92 bits per heavy atom. The normalized spacial score (nSPS) is 13.8. The summed E-state index contributed by atoms with van der Waals surface area (Å²) in [6.45, 7) is 3.71. The fraction of sp³-hybridized carbons (Fsp3) is 0.250. The lowest BCUT2D eigenvalue weighted by Gasteiger charge is -2.20. The van der Waals surface area contributed by atoms with Crippen molar-refractivity contribution in [1.29, 1.82) is 5.26 Å². The van der Waals surface area contributed by atoms with Crippen LogP contribution in [0.3, 0.4) is 0 Å². The molecule has 39 heavy (non-hydrogen) atoms. The molecule has 1 N–H and O–H groups in total. The first kappa shape index (κ1) is 25.9. The zero-order valence-corrected chi connectivity index (χ0v) is 21.4. The molecule has 4 aromatic rings. The van der Waals surface area contributed by atoms with Crippen molar-refractivity contribution in [3.63, 3.8) is 0 Å². The molecule has 1 atom stereocenters. The number of benzene rings is 2. The molecule has 0 fully saturated rings. The minimum atomic E-state index is -4.59. The van der Waals surface area contributed by atoms with Gasteiger partial charge in [0, 0.05) is 24.2 Å². The van der Waals surface area contributed by atoms with E-state index in [1.165, 1.54) is 17.0 Å². The first-order chi connectivity index (χ1) is 18.6. The Balaban J connectivity index is 1.68. The predicted molar refractivity (Wildman–Crippen MR) is 140 cm³/mol. The maximum Gasteiger partial charge on any atom is 0.416 e. The topological polar surface area (TPSA) is 99.7 Å². The third-order valence-corrected chi connectivity index (χ3v) is 6.78. The number of fused-ring (bicyclic) bond motifs is 1. The maximum absolute atomic E-state index is 13.7. The molecule has 1 amide bonds. The highest BCUT2D eigenvalue weighted by molar-refractivity contribution is 6.10. The van der Waals surface area contributed by atoms with Crippen molar-refractivity contribution in [2.24, 2.45) is 7.05 Å². The lowest BCUT2D eigenvalue weighted by molar-refractivity contribution is -0.138. The molecule has 198 valence electrons. The van der Waals surface area contributed by atoms with E-state index in [1.54, 1.807) is 48.3 Å². The van der Waals surface area contributed by atoms with Gasteiger partial charge in [-0.25, -0.2) is 4.98 Å². The van der Waals surface area contributed by atoms with Crippen LogP contribution in [0.25, 0.3) is 22.5 Å². The second kappa shape index (κ2) is 9.87. The monoisotopic (exact) mass is 531 g/mol. The van der Waals surface area contributed by atoms with Crippen molar-refractivity contribution in [2.45, 2.75) is 39.0 Å². The standard InChI is InChI=1S/C28H24F3N7O/c1-4-16(2)34-24-11-18(21-10-17(13-32)8-9-19(21)26-36-33-15-37(26)3)12-25(35-24)38-14-22-20(27(38)39)6-5-7-23(22)28(29,30)31/h5-12,15-16H,4,14H2,1-3H3,(H,34,35). The number of anilines is 2. The molecular weight excluding hydrogens is 507 g/mol. The number of aromatic nitrogens is 4. The molecule has 5 rings (SSSR count). The summed E-state index contributed by atoms with van der Waals surface area (Å²) in [5, 5.41) is 21.1. The van der Waals surface area contributed by atoms with Gasteiger partial charge < -0.3 is 9.88 Å². The van der Waals surface area contributed by atoms with Crippen molar-refractivity contribution >= 4 is 17.5 Å².